The van der Waals surface area contributed by atoms with Crippen LogP contribution in [0.3, 0.4) is 0 Å². The van der Waals surface area contributed by atoms with Crippen LogP contribution >= 0.6 is 11.6 Å². The van der Waals surface area contributed by atoms with Crippen LogP contribution in [0.5, 0.6) is 0 Å². The Morgan fingerprint density at radius 2 is 1.96 bits per heavy atom. The largest absolute Gasteiger partial charge is 0.480 e. The summed E-state index contributed by atoms with van der Waals surface area (Å²) in [6.45, 7) is 0.361. The van der Waals surface area contributed by atoms with Crippen LogP contribution in [0, 0.1) is 11.6 Å². The number of benzene rings is 2. The summed E-state index contributed by atoms with van der Waals surface area (Å²) < 4.78 is 27.7. The third-order valence-electron chi connectivity index (χ3n) is 4.28. The van der Waals surface area contributed by atoms with Crippen LogP contribution in [0.15, 0.2) is 36.4 Å². The lowest BCUT2D eigenvalue weighted by Crippen LogP contribution is -2.55. The Balaban J connectivity index is 1.94. The molecule has 2 aromatic carbocycles. The molecule has 0 spiro atoms. The van der Waals surface area contributed by atoms with Gasteiger partial charge >= 0.3 is 5.97 Å². The van der Waals surface area contributed by atoms with Gasteiger partial charge in [-0.2, -0.15) is 0 Å². The molecule has 1 N–H and O–H groups in total. The fraction of sp³-hybridized carbons (Fsp3) is 0.222. The van der Waals surface area contributed by atoms with Crippen LogP contribution < -0.4 is 0 Å². The Morgan fingerprint density at radius 1 is 1.20 bits per heavy atom. The first-order valence-corrected chi connectivity index (χ1v) is 8.01. The second-order valence-corrected chi connectivity index (χ2v) is 6.25. The van der Waals surface area contributed by atoms with Gasteiger partial charge < -0.3 is 10.0 Å². The molecule has 0 radical (unpaired) electrons. The summed E-state index contributed by atoms with van der Waals surface area (Å²) in [4.78, 5) is 24.7. The zero-order chi connectivity index (χ0) is 18.1. The first kappa shape index (κ1) is 17.4. The maximum absolute atomic E-state index is 14.1. The molecule has 0 bridgehead atoms. The van der Waals surface area contributed by atoms with Crippen molar-refractivity contribution in [2.24, 2.45) is 0 Å². The molecule has 1 saturated heterocycles. The van der Waals surface area contributed by atoms with E-state index in [2.05, 4.69) is 0 Å². The summed E-state index contributed by atoms with van der Waals surface area (Å²) in [5.74, 6) is -3.44. The van der Waals surface area contributed by atoms with Crippen molar-refractivity contribution in [2.75, 3.05) is 6.54 Å². The molecule has 3 rings (SSSR count). The lowest BCUT2D eigenvalue weighted by molar-refractivity contribution is -0.156. The van der Waals surface area contributed by atoms with E-state index in [-0.39, 0.29) is 17.9 Å². The van der Waals surface area contributed by atoms with E-state index in [1.165, 1.54) is 35.2 Å². The average molecular weight is 366 g/mol. The van der Waals surface area contributed by atoms with Gasteiger partial charge in [0, 0.05) is 17.1 Å². The van der Waals surface area contributed by atoms with Gasteiger partial charge in [-0.05, 0) is 35.7 Å². The Kier molecular flexibility index (Phi) is 4.72. The van der Waals surface area contributed by atoms with Crippen LogP contribution in [0.25, 0.3) is 11.1 Å². The number of hydrogen-bond acceptors (Lipinski definition) is 2. The number of rotatable bonds is 4. The van der Waals surface area contributed by atoms with E-state index < -0.39 is 23.6 Å². The summed E-state index contributed by atoms with van der Waals surface area (Å²) in [5.41, 5.74) is 0.790. The predicted molar refractivity (Wildman–Crippen MR) is 88.3 cm³/mol. The van der Waals surface area contributed by atoms with Crippen molar-refractivity contribution in [3.8, 4) is 11.1 Å². The topological polar surface area (TPSA) is 57.6 Å². The molecule has 1 aliphatic heterocycles. The Labute approximate surface area is 147 Å². The number of carboxylic acid groups (broad SMARTS) is 1. The maximum Gasteiger partial charge on any atom is 0.326 e. The van der Waals surface area contributed by atoms with E-state index in [4.69, 9.17) is 16.7 Å². The maximum atomic E-state index is 14.1. The van der Waals surface area contributed by atoms with E-state index in [9.17, 15) is 18.4 Å². The molecular formula is C18H14ClF2NO3. The van der Waals surface area contributed by atoms with E-state index in [0.717, 1.165) is 6.07 Å². The first-order valence-electron chi connectivity index (χ1n) is 7.63. The van der Waals surface area contributed by atoms with Crippen LogP contribution in [0.1, 0.15) is 12.0 Å². The summed E-state index contributed by atoms with van der Waals surface area (Å²) >= 11 is 5.98. The fourth-order valence-corrected chi connectivity index (χ4v) is 3.08. The summed E-state index contributed by atoms with van der Waals surface area (Å²) in [6.07, 6.45) is 0.262. The lowest BCUT2D eigenvalue weighted by Gasteiger charge is -2.38. The van der Waals surface area contributed by atoms with E-state index in [1.54, 1.807) is 0 Å². The van der Waals surface area contributed by atoms with Crippen LogP contribution in [-0.4, -0.2) is 34.5 Å². The number of likely N-dealkylation sites (tertiary alicyclic amines) is 1. The highest BCUT2D eigenvalue weighted by molar-refractivity contribution is 6.30. The number of carbonyl (C=O) groups is 2. The number of carboxylic acids is 1. The molecule has 4 nitrogen and oxygen atoms in total. The standard InChI is InChI=1S/C18H14ClF2NO3/c19-11-4-5-12(13-2-1-3-14(20)17(13)21)10(8-11)9-16(23)22-7-6-15(22)18(24)25/h1-5,8,15H,6-7,9H2,(H,24,25)/t15-/m1/s1. The SMILES string of the molecule is O=C(O)[C@H]1CCN1C(=O)Cc1cc(Cl)ccc1-c1cccc(F)c1F. The van der Waals surface area contributed by atoms with E-state index in [1.807, 2.05) is 0 Å². The Hall–Kier alpha value is -2.47. The van der Waals surface area contributed by atoms with Crippen molar-refractivity contribution in [3.05, 3.63) is 58.6 Å². The van der Waals surface area contributed by atoms with E-state index >= 15 is 0 Å². The summed E-state index contributed by atoms with van der Waals surface area (Å²) in [6, 6.07) is 7.53. The van der Waals surface area contributed by atoms with Gasteiger partial charge in [0.2, 0.25) is 5.91 Å². The van der Waals surface area contributed by atoms with E-state index in [0.29, 0.717) is 29.1 Å². The quantitative estimate of drug-likeness (QED) is 0.902. The number of carbonyl (C=O) groups excluding carboxylic acids is 1. The van der Waals surface area contributed by atoms with Crippen molar-refractivity contribution < 1.29 is 23.5 Å². The molecule has 1 fully saturated rings. The molecule has 1 atom stereocenters. The molecule has 25 heavy (non-hydrogen) atoms. The molecule has 130 valence electrons. The van der Waals surface area contributed by atoms with Crippen LogP contribution in [-0.2, 0) is 16.0 Å². The number of amides is 1. The van der Waals surface area contributed by atoms with Crippen molar-refractivity contribution in [1.29, 1.82) is 0 Å². The van der Waals surface area contributed by atoms with Gasteiger partial charge in [-0.25, -0.2) is 13.6 Å². The Bertz CT molecular complexity index is 856. The highest BCUT2D eigenvalue weighted by Crippen LogP contribution is 2.31. The van der Waals surface area contributed by atoms with Gasteiger partial charge in [0.1, 0.15) is 6.04 Å². The second kappa shape index (κ2) is 6.80. The minimum atomic E-state index is -1.05. The van der Waals surface area contributed by atoms with Crippen molar-refractivity contribution in [3.63, 3.8) is 0 Å². The van der Waals surface area contributed by atoms with Crippen LogP contribution in [0.2, 0.25) is 5.02 Å². The molecule has 0 aliphatic carbocycles. The zero-order valence-electron chi connectivity index (χ0n) is 13.0. The zero-order valence-corrected chi connectivity index (χ0v) is 13.8. The molecule has 7 heteroatoms. The Morgan fingerprint density at radius 3 is 2.60 bits per heavy atom. The van der Waals surface area contributed by atoms with Gasteiger partial charge in [0.25, 0.3) is 0 Å². The molecular weight excluding hydrogens is 352 g/mol. The summed E-state index contributed by atoms with van der Waals surface area (Å²) in [7, 11) is 0. The summed E-state index contributed by atoms with van der Waals surface area (Å²) in [5, 5.41) is 9.40. The molecule has 1 amide bonds. The van der Waals surface area contributed by atoms with Gasteiger partial charge in [-0.15, -0.1) is 0 Å². The lowest BCUT2D eigenvalue weighted by atomic mass is 9.95. The number of aliphatic carboxylic acids is 1. The molecule has 0 aromatic heterocycles. The third-order valence-corrected chi connectivity index (χ3v) is 4.51. The number of hydrogen-bond donors (Lipinski definition) is 1. The van der Waals surface area contributed by atoms with Gasteiger partial charge in [-0.1, -0.05) is 29.8 Å². The molecule has 1 heterocycles. The molecule has 1 aliphatic rings. The molecule has 0 saturated carbocycles. The van der Waals surface area contributed by atoms with Gasteiger partial charge in [0.15, 0.2) is 11.6 Å². The molecule has 0 unspecified atom stereocenters. The fourth-order valence-electron chi connectivity index (χ4n) is 2.89. The van der Waals surface area contributed by atoms with Crippen molar-refractivity contribution in [2.45, 2.75) is 18.9 Å². The third kappa shape index (κ3) is 3.35. The minimum Gasteiger partial charge on any atom is -0.480 e. The number of halogens is 3. The van der Waals surface area contributed by atoms with Crippen molar-refractivity contribution in [1.82, 2.24) is 4.90 Å². The van der Waals surface area contributed by atoms with Gasteiger partial charge in [-0.3, -0.25) is 4.79 Å². The minimum absolute atomic E-state index is 0.0258. The highest BCUT2D eigenvalue weighted by Gasteiger charge is 2.37. The second-order valence-electron chi connectivity index (χ2n) is 5.81. The smallest absolute Gasteiger partial charge is 0.326 e. The monoisotopic (exact) mass is 365 g/mol. The normalized spacial score (nSPS) is 16.4. The number of nitrogens with zero attached hydrogens (tertiary/aromatic N) is 1. The first-order chi connectivity index (χ1) is 11.9. The van der Waals surface area contributed by atoms with Crippen LogP contribution in [0.4, 0.5) is 8.78 Å². The highest BCUT2D eigenvalue weighted by atomic mass is 35.5. The predicted octanol–water partition coefficient (Wildman–Crippen LogP) is 3.51. The average Bonchev–Trinajstić information content (AvgIpc) is 2.49. The molecule has 2 aromatic rings. The van der Waals surface area contributed by atoms with Gasteiger partial charge in [0.05, 0.1) is 6.42 Å². The van der Waals surface area contributed by atoms with Crippen molar-refractivity contribution >= 4 is 23.5 Å².